The van der Waals surface area contributed by atoms with Crippen LogP contribution in [-0.4, -0.2) is 22.6 Å². The van der Waals surface area contributed by atoms with Gasteiger partial charge in [-0.05, 0) is 32.0 Å². The summed E-state index contributed by atoms with van der Waals surface area (Å²) in [6, 6.07) is 7.80. The van der Waals surface area contributed by atoms with Gasteiger partial charge >= 0.3 is 5.97 Å². The molecule has 0 aliphatic rings. The average Bonchev–Trinajstić information content (AvgIpc) is 3.39. The summed E-state index contributed by atoms with van der Waals surface area (Å²) in [5.41, 5.74) is 4.35. The molecule has 7 heteroatoms. The first-order chi connectivity index (χ1) is 13.0. The van der Waals surface area contributed by atoms with E-state index in [-0.39, 0.29) is 5.97 Å². The monoisotopic (exact) mass is 381 g/mol. The molecule has 0 aromatic carbocycles. The normalized spacial score (nSPS) is 11.4. The van der Waals surface area contributed by atoms with Crippen molar-refractivity contribution in [2.75, 3.05) is 7.11 Å². The summed E-state index contributed by atoms with van der Waals surface area (Å²) in [7, 11) is 1.39. The number of carbonyl (C=O) groups is 1. The number of ether oxygens (including phenoxy) is 1. The van der Waals surface area contributed by atoms with Crippen LogP contribution in [0.2, 0.25) is 0 Å². The van der Waals surface area contributed by atoms with Crippen molar-refractivity contribution in [3.05, 3.63) is 52.0 Å². The van der Waals surface area contributed by atoms with Crippen LogP contribution in [0.3, 0.4) is 0 Å². The highest BCUT2D eigenvalue weighted by molar-refractivity contribution is 7.11. The number of aryl methyl sites for hydroxylation is 1. The number of furan rings is 1. The largest absolute Gasteiger partial charge is 0.469 e. The first-order valence-electron chi connectivity index (χ1n) is 8.38. The van der Waals surface area contributed by atoms with Crippen molar-refractivity contribution < 1.29 is 13.9 Å². The predicted octanol–water partition coefficient (Wildman–Crippen LogP) is 4.45. The van der Waals surface area contributed by atoms with Gasteiger partial charge in [0.2, 0.25) is 0 Å². The van der Waals surface area contributed by atoms with Gasteiger partial charge in [0.1, 0.15) is 16.8 Å². The zero-order chi connectivity index (χ0) is 19.4. The number of aromatic nitrogens is 2. The molecule has 0 aliphatic carbocycles. The van der Waals surface area contributed by atoms with Crippen LogP contribution in [0.1, 0.15) is 28.6 Å². The molecule has 0 fully saturated rings. The lowest BCUT2D eigenvalue weighted by Crippen LogP contribution is -2.09. The maximum atomic E-state index is 11.4. The van der Waals surface area contributed by atoms with E-state index in [0.29, 0.717) is 29.3 Å². The van der Waals surface area contributed by atoms with Gasteiger partial charge in [-0.25, -0.2) is 4.98 Å². The van der Waals surface area contributed by atoms with E-state index in [1.165, 1.54) is 18.4 Å². The van der Waals surface area contributed by atoms with Crippen LogP contribution in [0.15, 0.2) is 34.3 Å². The van der Waals surface area contributed by atoms with Crippen LogP contribution in [0, 0.1) is 25.2 Å². The maximum Gasteiger partial charge on any atom is 0.307 e. The molecule has 0 atom stereocenters. The Labute approximate surface area is 161 Å². The number of thiazole rings is 1. The fourth-order valence-corrected chi connectivity index (χ4v) is 3.67. The molecule has 3 heterocycles. The Kier molecular flexibility index (Phi) is 5.57. The fraction of sp³-hybridized carbons (Fsp3) is 0.250. The molecular weight excluding hydrogens is 362 g/mol. The number of carbonyl (C=O) groups excluding carboxylic acids is 1. The van der Waals surface area contributed by atoms with E-state index < -0.39 is 0 Å². The predicted molar refractivity (Wildman–Crippen MR) is 104 cm³/mol. The fourth-order valence-electron chi connectivity index (χ4n) is 2.89. The number of hydrogen-bond acceptors (Lipinski definition) is 6. The van der Waals surface area contributed by atoms with Gasteiger partial charge in [0.05, 0.1) is 31.1 Å². The molecule has 0 saturated carbocycles. The van der Waals surface area contributed by atoms with Crippen LogP contribution in [-0.2, 0) is 16.1 Å². The van der Waals surface area contributed by atoms with Gasteiger partial charge in [-0.15, -0.1) is 11.3 Å². The van der Waals surface area contributed by atoms with Gasteiger partial charge in [0.25, 0.3) is 0 Å². The first kappa shape index (κ1) is 18.7. The molecule has 0 N–H and O–H groups in total. The second-order valence-corrected chi connectivity index (χ2v) is 6.84. The van der Waals surface area contributed by atoms with Crippen LogP contribution in [0.5, 0.6) is 0 Å². The number of nitriles is 1. The molecule has 0 amide bonds. The summed E-state index contributed by atoms with van der Waals surface area (Å²) in [6.07, 6.45) is 3.57. The van der Waals surface area contributed by atoms with E-state index in [0.717, 1.165) is 22.6 Å². The minimum Gasteiger partial charge on any atom is -0.469 e. The summed E-state index contributed by atoms with van der Waals surface area (Å²) in [6.45, 7) is 4.56. The highest BCUT2D eigenvalue weighted by atomic mass is 32.1. The van der Waals surface area contributed by atoms with Crippen LogP contribution in [0.25, 0.3) is 22.9 Å². The maximum absolute atomic E-state index is 11.4. The van der Waals surface area contributed by atoms with Crippen LogP contribution in [0.4, 0.5) is 0 Å². The van der Waals surface area contributed by atoms with Crippen molar-refractivity contribution in [3.63, 3.8) is 0 Å². The number of esters is 1. The molecule has 0 aliphatic heterocycles. The summed E-state index contributed by atoms with van der Waals surface area (Å²) in [5.74, 6) is 0.381. The number of hydrogen-bond donors (Lipinski definition) is 0. The first-order valence-corrected chi connectivity index (χ1v) is 9.26. The van der Waals surface area contributed by atoms with Gasteiger partial charge in [-0.1, -0.05) is 0 Å². The quantitative estimate of drug-likeness (QED) is 0.465. The smallest absolute Gasteiger partial charge is 0.307 e. The number of nitrogens with zero attached hydrogens (tertiary/aromatic N) is 3. The molecule has 3 aromatic heterocycles. The van der Waals surface area contributed by atoms with Gasteiger partial charge in [-0.3, -0.25) is 4.79 Å². The zero-order valence-electron chi connectivity index (χ0n) is 15.4. The lowest BCUT2D eigenvalue weighted by atomic mass is 10.2. The van der Waals surface area contributed by atoms with E-state index in [1.807, 2.05) is 25.3 Å². The van der Waals surface area contributed by atoms with Crippen LogP contribution < -0.4 is 0 Å². The van der Waals surface area contributed by atoms with Crippen molar-refractivity contribution in [2.45, 2.75) is 26.8 Å². The lowest BCUT2D eigenvalue weighted by molar-refractivity contribution is -0.140. The van der Waals surface area contributed by atoms with Crippen molar-refractivity contribution >= 4 is 29.0 Å². The van der Waals surface area contributed by atoms with Crippen molar-refractivity contribution in [2.24, 2.45) is 0 Å². The summed E-state index contributed by atoms with van der Waals surface area (Å²) in [4.78, 5) is 16.1. The molecular formula is C20H19N3O3S. The highest BCUT2D eigenvalue weighted by Gasteiger charge is 2.16. The zero-order valence-corrected chi connectivity index (χ0v) is 16.2. The molecule has 138 valence electrons. The van der Waals surface area contributed by atoms with Crippen molar-refractivity contribution in [1.82, 2.24) is 9.55 Å². The number of rotatable bonds is 6. The summed E-state index contributed by atoms with van der Waals surface area (Å²) >= 11 is 1.42. The standard InChI is InChI=1S/C20H19N3O3S/c1-13-9-17(14(2)23(13)7-6-19(24)25-3)18-12-27-20(22-18)15(11-21)10-16-5-4-8-26-16/h4-5,8-10,12H,6-7H2,1-3H3/b15-10+. The molecule has 27 heavy (non-hydrogen) atoms. The lowest BCUT2D eigenvalue weighted by Gasteiger charge is -2.08. The Bertz CT molecular complexity index is 1020. The molecule has 3 rings (SSSR count). The Hall–Kier alpha value is -3.11. The van der Waals surface area contributed by atoms with E-state index in [2.05, 4.69) is 15.6 Å². The molecule has 0 spiro atoms. The SMILES string of the molecule is COC(=O)CCn1c(C)cc(-c2csc(/C(C#N)=C/c3ccco3)n2)c1C. The Morgan fingerprint density at radius 1 is 1.48 bits per heavy atom. The summed E-state index contributed by atoms with van der Waals surface area (Å²) in [5, 5.41) is 12.0. The van der Waals surface area contributed by atoms with Gasteiger partial charge in [0, 0.05) is 35.0 Å². The molecule has 0 radical (unpaired) electrons. The minimum absolute atomic E-state index is 0.235. The third-order valence-electron chi connectivity index (χ3n) is 4.30. The number of methoxy groups -OCH3 is 1. The van der Waals surface area contributed by atoms with E-state index in [9.17, 15) is 10.1 Å². The van der Waals surface area contributed by atoms with E-state index in [4.69, 9.17) is 9.15 Å². The third-order valence-corrected chi connectivity index (χ3v) is 5.18. The van der Waals surface area contributed by atoms with E-state index >= 15 is 0 Å². The Morgan fingerprint density at radius 2 is 2.30 bits per heavy atom. The van der Waals surface area contributed by atoms with Crippen molar-refractivity contribution in [1.29, 1.82) is 5.26 Å². The molecule has 6 nitrogen and oxygen atoms in total. The topological polar surface area (TPSA) is 81.0 Å². The average molecular weight is 381 g/mol. The molecule has 0 saturated heterocycles. The summed E-state index contributed by atoms with van der Waals surface area (Å²) < 4.78 is 12.1. The number of allylic oxidation sites excluding steroid dienone is 1. The molecule has 0 bridgehead atoms. The van der Waals surface area contributed by atoms with Crippen molar-refractivity contribution in [3.8, 4) is 17.3 Å². The highest BCUT2D eigenvalue weighted by Crippen LogP contribution is 2.31. The van der Waals surface area contributed by atoms with Gasteiger partial charge in [0.15, 0.2) is 0 Å². The third kappa shape index (κ3) is 4.01. The second-order valence-electron chi connectivity index (χ2n) is 5.99. The van der Waals surface area contributed by atoms with E-state index in [1.54, 1.807) is 24.5 Å². The van der Waals surface area contributed by atoms with Gasteiger partial charge in [-0.2, -0.15) is 5.26 Å². The molecule has 0 unspecified atom stereocenters. The van der Waals surface area contributed by atoms with Crippen LogP contribution >= 0.6 is 11.3 Å². The Balaban J connectivity index is 1.88. The molecule has 3 aromatic rings. The Morgan fingerprint density at radius 3 is 2.96 bits per heavy atom. The second kappa shape index (κ2) is 8.06. The van der Waals surface area contributed by atoms with Gasteiger partial charge < -0.3 is 13.7 Å². The minimum atomic E-state index is -0.235.